The van der Waals surface area contributed by atoms with Crippen LogP contribution in [-0.2, 0) is 4.79 Å². The van der Waals surface area contributed by atoms with Gasteiger partial charge >= 0.3 is 5.97 Å². The van der Waals surface area contributed by atoms with E-state index in [4.69, 9.17) is 0 Å². The highest BCUT2D eigenvalue weighted by Crippen LogP contribution is 2.25. The third kappa shape index (κ3) is 2.06. The number of rotatable bonds is 3. The van der Waals surface area contributed by atoms with E-state index in [0.29, 0.717) is 11.3 Å². The Hall–Kier alpha value is -2.69. The number of aromatic nitrogens is 3. The predicted molar refractivity (Wildman–Crippen MR) is 69.8 cm³/mol. The average molecular weight is 253 g/mol. The molecular formula is C14H11N3O2. The van der Waals surface area contributed by atoms with Crippen molar-refractivity contribution in [2.45, 2.75) is 5.92 Å². The van der Waals surface area contributed by atoms with Gasteiger partial charge in [0.15, 0.2) is 0 Å². The number of aliphatic carboxylic acids is 1. The minimum absolute atomic E-state index is 0.522. The van der Waals surface area contributed by atoms with E-state index in [0.717, 1.165) is 11.0 Å². The lowest BCUT2D eigenvalue weighted by atomic mass is 9.95. The SMILES string of the molecule is O=C(O)C(c1ccc2nc[nH]c2c1)c1ccccn1. The Morgan fingerprint density at radius 2 is 2.11 bits per heavy atom. The maximum absolute atomic E-state index is 11.5. The van der Waals surface area contributed by atoms with Crippen LogP contribution in [0, 0.1) is 0 Å². The van der Waals surface area contributed by atoms with Crippen LogP contribution in [0.5, 0.6) is 0 Å². The van der Waals surface area contributed by atoms with E-state index >= 15 is 0 Å². The van der Waals surface area contributed by atoms with Crippen LogP contribution < -0.4 is 0 Å². The fraction of sp³-hybridized carbons (Fsp3) is 0.0714. The molecule has 94 valence electrons. The molecule has 0 spiro atoms. The minimum Gasteiger partial charge on any atom is -0.480 e. The molecule has 1 unspecified atom stereocenters. The standard InChI is InChI=1S/C14H11N3O2/c18-14(19)13(11-3-1-2-6-15-11)9-4-5-10-12(7-9)17-8-16-10/h1-8,13H,(H,16,17)(H,18,19). The summed E-state index contributed by atoms with van der Waals surface area (Å²) in [5.41, 5.74) is 2.84. The summed E-state index contributed by atoms with van der Waals surface area (Å²) < 4.78 is 0. The summed E-state index contributed by atoms with van der Waals surface area (Å²) >= 11 is 0. The summed E-state index contributed by atoms with van der Waals surface area (Å²) in [5, 5.41) is 9.44. The Labute approximate surface area is 109 Å². The van der Waals surface area contributed by atoms with Crippen molar-refractivity contribution in [2.75, 3.05) is 0 Å². The van der Waals surface area contributed by atoms with Gasteiger partial charge in [-0.2, -0.15) is 0 Å². The lowest BCUT2D eigenvalue weighted by Gasteiger charge is -2.12. The van der Waals surface area contributed by atoms with E-state index in [1.165, 1.54) is 0 Å². The number of nitrogens with zero attached hydrogens (tertiary/aromatic N) is 2. The topological polar surface area (TPSA) is 78.9 Å². The van der Waals surface area contributed by atoms with Gasteiger partial charge < -0.3 is 10.1 Å². The lowest BCUT2D eigenvalue weighted by molar-refractivity contribution is -0.137. The van der Waals surface area contributed by atoms with Crippen LogP contribution in [0.3, 0.4) is 0 Å². The monoisotopic (exact) mass is 253 g/mol. The molecule has 3 aromatic rings. The number of H-pyrrole nitrogens is 1. The zero-order valence-corrected chi connectivity index (χ0v) is 9.95. The second kappa shape index (κ2) is 4.53. The molecule has 0 aliphatic heterocycles. The second-order valence-corrected chi connectivity index (χ2v) is 4.20. The molecule has 1 aromatic carbocycles. The minimum atomic E-state index is -0.919. The summed E-state index contributed by atoms with van der Waals surface area (Å²) in [6, 6.07) is 10.6. The van der Waals surface area contributed by atoms with Gasteiger partial charge in [-0.25, -0.2) is 4.98 Å². The van der Waals surface area contributed by atoms with E-state index in [-0.39, 0.29) is 0 Å². The van der Waals surface area contributed by atoms with Crippen molar-refractivity contribution in [2.24, 2.45) is 0 Å². The van der Waals surface area contributed by atoms with Crippen LogP contribution in [0.1, 0.15) is 17.2 Å². The van der Waals surface area contributed by atoms with Crippen LogP contribution >= 0.6 is 0 Å². The smallest absolute Gasteiger partial charge is 0.317 e. The first-order chi connectivity index (χ1) is 9.25. The van der Waals surface area contributed by atoms with Gasteiger partial charge in [0.05, 0.1) is 23.1 Å². The molecule has 0 bridgehead atoms. The molecule has 0 saturated carbocycles. The van der Waals surface area contributed by atoms with Crippen LogP contribution in [-0.4, -0.2) is 26.0 Å². The fourth-order valence-electron chi connectivity index (χ4n) is 2.12. The van der Waals surface area contributed by atoms with Crippen molar-refractivity contribution in [3.8, 4) is 0 Å². The summed E-state index contributed by atoms with van der Waals surface area (Å²) in [5.74, 6) is -1.69. The van der Waals surface area contributed by atoms with Gasteiger partial charge in [-0.3, -0.25) is 9.78 Å². The molecule has 19 heavy (non-hydrogen) atoms. The number of hydrogen-bond donors (Lipinski definition) is 2. The van der Waals surface area contributed by atoms with Crippen molar-refractivity contribution in [1.82, 2.24) is 15.0 Å². The third-order valence-electron chi connectivity index (χ3n) is 3.01. The highest BCUT2D eigenvalue weighted by atomic mass is 16.4. The number of aromatic amines is 1. The first-order valence-corrected chi connectivity index (χ1v) is 5.82. The molecule has 3 rings (SSSR count). The number of nitrogens with one attached hydrogen (secondary N) is 1. The fourth-order valence-corrected chi connectivity index (χ4v) is 2.12. The Balaban J connectivity index is 2.12. The van der Waals surface area contributed by atoms with Gasteiger partial charge in [-0.05, 0) is 29.8 Å². The molecule has 0 saturated heterocycles. The number of benzene rings is 1. The molecule has 0 aliphatic rings. The van der Waals surface area contributed by atoms with Gasteiger partial charge in [-0.15, -0.1) is 0 Å². The van der Waals surface area contributed by atoms with Crippen molar-refractivity contribution < 1.29 is 9.90 Å². The Bertz CT molecular complexity index is 722. The van der Waals surface area contributed by atoms with Gasteiger partial charge in [0.1, 0.15) is 5.92 Å². The molecule has 5 heteroatoms. The summed E-state index contributed by atoms with van der Waals surface area (Å²) in [4.78, 5) is 22.7. The number of carboxylic acid groups (broad SMARTS) is 1. The highest BCUT2D eigenvalue weighted by Gasteiger charge is 2.23. The molecule has 0 radical (unpaired) electrons. The predicted octanol–water partition coefficient (Wildman–Crippen LogP) is 2.17. The van der Waals surface area contributed by atoms with Crippen molar-refractivity contribution >= 4 is 17.0 Å². The summed E-state index contributed by atoms with van der Waals surface area (Å²) in [6.07, 6.45) is 3.19. The first kappa shape index (κ1) is 11.4. The molecule has 5 nitrogen and oxygen atoms in total. The maximum atomic E-state index is 11.5. The van der Waals surface area contributed by atoms with E-state index in [2.05, 4.69) is 15.0 Å². The van der Waals surface area contributed by atoms with E-state index in [1.54, 1.807) is 48.9 Å². The van der Waals surface area contributed by atoms with Crippen LogP contribution in [0.15, 0.2) is 48.9 Å². The van der Waals surface area contributed by atoms with Gasteiger partial charge in [0.25, 0.3) is 0 Å². The molecule has 2 N–H and O–H groups in total. The Kier molecular flexibility index (Phi) is 2.72. The highest BCUT2D eigenvalue weighted by molar-refractivity contribution is 5.83. The lowest BCUT2D eigenvalue weighted by Crippen LogP contribution is -2.14. The molecule has 0 fully saturated rings. The molecule has 2 aromatic heterocycles. The normalized spacial score (nSPS) is 12.4. The van der Waals surface area contributed by atoms with Gasteiger partial charge in [-0.1, -0.05) is 12.1 Å². The second-order valence-electron chi connectivity index (χ2n) is 4.20. The van der Waals surface area contributed by atoms with Crippen LogP contribution in [0.2, 0.25) is 0 Å². The molecule has 0 aliphatic carbocycles. The summed E-state index contributed by atoms with van der Waals surface area (Å²) in [6.45, 7) is 0. The van der Waals surface area contributed by atoms with E-state index < -0.39 is 11.9 Å². The van der Waals surface area contributed by atoms with Gasteiger partial charge in [0, 0.05) is 6.20 Å². The molecular weight excluding hydrogens is 242 g/mol. The van der Waals surface area contributed by atoms with E-state index in [9.17, 15) is 9.90 Å². The largest absolute Gasteiger partial charge is 0.480 e. The number of carboxylic acids is 1. The van der Waals surface area contributed by atoms with Crippen LogP contribution in [0.4, 0.5) is 0 Å². The number of pyridine rings is 1. The number of fused-ring (bicyclic) bond motifs is 1. The maximum Gasteiger partial charge on any atom is 0.317 e. The third-order valence-corrected chi connectivity index (χ3v) is 3.01. The van der Waals surface area contributed by atoms with Crippen molar-refractivity contribution in [3.63, 3.8) is 0 Å². The van der Waals surface area contributed by atoms with E-state index in [1.807, 2.05) is 0 Å². The number of carbonyl (C=O) groups is 1. The van der Waals surface area contributed by atoms with Crippen molar-refractivity contribution in [1.29, 1.82) is 0 Å². The quantitative estimate of drug-likeness (QED) is 0.749. The number of imidazole rings is 1. The first-order valence-electron chi connectivity index (χ1n) is 5.82. The Morgan fingerprint density at radius 3 is 2.84 bits per heavy atom. The molecule has 0 amide bonds. The number of hydrogen-bond acceptors (Lipinski definition) is 3. The molecule has 2 heterocycles. The summed E-state index contributed by atoms with van der Waals surface area (Å²) in [7, 11) is 0. The average Bonchev–Trinajstić information content (AvgIpc) is 2.87. The Morgan fingerprint density at radius 1 is 1.21 bits per heavy atom. The zero-order chi connectivity index (χ0) is 13.2. The zero-order valence-electron chi connectivity index (χ0n) is 9.95. The van der Waals surface area contributed by atoms with Crippen molar-refractivity contribution in [3.05, 3.63) is 60.2 Å². The van der Waals surface area contributed by atoms with Crippen LogP contribution in [0.25, 0.3) is 11.0 Å². The van der Waals surface area contributed by atoms with Gasteiger partial charge in [0.2, 0.25) is 0 Å². The molecule has 1 atom stereocenters.